The molecule has 2 aromatic heterocycles. The molecule has 1 aliphatic rings. The van der Waals surface area contributed by atoms with Crippen LogP contribution in [0.4, 0.5) is 5.69 Å². The van der Waals surface area contributed by atoms with Crippen LogP contribution in [0, 0.1) is 0 Å². The lowest BCUT2D eigenvalue weighted by Crippen LogP contribution is -2.44. The highest BCUT2D eigenvalue weighted by Crippen LogP contribution is 2.26. The number of carbonyl (C=O) groups is 1. The van der Waals surface area contributed by atoms with Gasteiger partial charge in [-0.15, -0.1) is 0 Å². The van der Waals surface area contributed by atoms with Gasteiger partial charge in [-0.1, -0.05) is 24.3 Å². The third-order valence-electron chi connectivity index (χ3n) is 5.53. The maximum Gasteiger partial charge on any atom is 0.242 e. The third kappa shape index (κ3) is 4.65. The number of nitrogens with zero attached hydrogens (tertiary/aromatic N) is 5. The van der Waals surface area contributed by atoms with Crippen molar-refractivity contribution in [2.24, 2.45) is 0 Å². The molecular formula is C23H27N5O. The van der Waals surface area contributed by atoms with Crippen molar-refractivity contribution in [3.05, 3.63) is 78.6 Å². The average molecular weight is 390 g/mol. The highest BCUT2D eigenvalue weighted by molar-refractivity contribution is 5.81. The van der Waals surface area contributed by atoms with Gasteiger partial charge in [-0.2, -0.15) is 0 Å². The first-order chi connectivity index (χ1) is 14.2. The maximum atomic E-state index is 12.9. The molecule has 1 saturated heterocycles. The number of aromatic nitrogens is 3. The number of benzene rings is 1. The van der Waals surface area contributed by atoms with E-state index in [0.717, 1.165) is 49.6 Å². The summed E-state index contributed by atoms with van der Waals surface area (Å²) in [6, 6.07) is 14.1. The summed E-state index contributed by atoms with van der Waals surface area (Å²) in [6.45, 7) is 2.69. The third-order valence-corrected chi connectivity index (χ3v) is 5.53. The van der Waals surface area contributed by atoms with Gasteiger partial charge in [0.15, 0.2) is 0 Å². The number of likely N-dealkylation sites (N-methyl/N-ethyl adjacent to an activating group) is 1. The Morgan fingerprint density at radius 1 is 1.17 bits per heavy atom. The Morgan fingerprint density at radius 3 is 2.83 bits per heavy atom. The number of carbonyl (C=O) groups excluding carboxylic acids is 1. The van der Waals surface area contributed by atoms with Crippen molar-refractivity contribution in [1.82, 2.24) is 19.4 Å². The van der Waals surface area contributed by atoms with Crippen LogP contribution < -0.4 is 4.90 Å². The average Bonchev–Trinajstić information content (AvgIpc) is 3.23. The Hall–Kier alpha value is -3.15. The SMILES string of the molecule is CN(CC(=O)N1CCCC(c2nccn2Cc2cccnc2)C1)c1ccccc1. The van der Waals surface area contributed by atoms with E-state index in [2.05, 4.69) is 20.6 Å². The Balaban J connectivity index is 1.41. The zero-order chi connectivity index (χ0) is 20.1. The highest BCUT2D eigenvalue weighted by Gasteiger charge is 2.28. The number of piperidine rings is 1. The fourth-order valence-electron chi connectivity index (χ4n) is 3.99. The van der Waals surface area contributed by atoms with E-state index in [1.165, 1.54) is 0 Å². The standard InChI is InChI=1S/C23H27N5O/c1-26(21-9-3-2-4-10-21)18-22(29)27-13-6-8-20(17-27)23-25-12-14-28(23)16-19-7-5-11-24-15-19/h2-5,7,9-12,14-15,20H,6,8,13,16-18H2,1H3. The fraction of sp³-hybridized carbons (Fsp3) is 0.348. The zero-order valence-electron chi connectivity index (χ0n) is 16.8. The van der Waals surface area contributed by atoms with Crippen LogP contribution in [0.1, 0.15) is 30.1 Å². The van der Waals surface area contributed by atoms with E-state index < -0.39 is 0 Å². The van der Waals surface area contributed by atoms with E-state index in [0.29, 0.717) is 6.54 Å². The van der Waals surface area contributed by atoms with Crippen LogP contribution >= 0.6 is 0 Å². The molecule has 0 bridgehead atoms. The topological polar surface area (TPSA) is 54.3 Å². The molecule has 1 atom stereocenters. The predicted octanol–water partition coefficient (Wildman–Crippen LogP) is 3.17. The first-order valence-corrected chi connectivity index (χ1v) is 10.1. The van der Waals surface area contributed by atoms with Crippen molar-refractivity contribution >= 4 is 11.6 Å². The van der Waals surface area contributed by atoms with Gasteiger partial charge in [-0.25, -0.2) is 4.98 Å². The Labute approximate surface area is 171 Å². The lowest BCUT2D eigenvalue weighted by atomic mass is 9.97. The van der Waals surface area contributed by atoms with Gasteiger partial charge in [0.25, 0.3) is 0 Å². The molecule has 0 N–H and O–H groups in total. The molecule has 1 aliphatic heterocycles. The van der Waals surface area contributed by atoms with Crippen LogP contribution in [0.25, 0.3) is 0 Å². The van der Waals surface area contributed by atoms with E-state index in [1.54, 1.807) is 6.20 Å². The summed E-state index contributed by atoms with van der Waals surface area (Å²) >= 11 is 0. The van der Waals surface area contributed by atoms with Gasteiger partial charge in [0.1, 0.15) is 5.82 Å². The minimum Gasteiger partial charge on any atom is -0.365 e. The van der Waals surface area contributed by atoms with E-state index in [4.69, 9.17) is 0 Å². The molecular weight excluding hydrogens is 362 g/mol. The summed E-state index contributed by atoms with van der Waals surface area (Å²) in [4.78, 5) is 25.8. The van der Waals surface area contributed by atoms with Crippen LogP contribution in [-0.2, 0) is 11.3 Å². The molecule has 3 aromatic rings. The molecule has 0 aliphatic carbocycles. The summed E-state index contributed by atoms with van der Waals surface area (Å²) in [6.07, 6.45) is 9.62. The van der Waals surface area contributed by atoms with Crippen molar-refractivity contribution < 1.29 is 4.79 Å². The number of pyridine rings is 1. The summed E-state index contributed by atoms with van der Waals surface area (Å²) in [5, 5.41) is 0. The number of para-hydroxylation sites is 1. The molecule has 1 fully saturated rings. The highest BCUT2D eigenvalue weighted by atomic mass is 16.2. The molecule has 0 saturated carbocycles. The van der Waals surface area contributed by atoms with Gasteiger partial charge in [0.2, 0.25) is 5.91 Å². The Kier molecular flexibility index (Phi) is 5.89. The monoisotopic (exact) mass is 389 g/mol. The number of hydrogen-bond donors (Lipinski definition) is 0. The number of likely N-dealkylation sites (tertiary alicyclic amines) is 1. The number of anilines is 1. The molecule has 0 spiro atoms. The van der Waals surface area contributed by atoms with Crippen molar-refractivity contribution in [2.75, 3.05) is 31.6 Å². The van der Waals surface area contributed by atoms with E-state index in [-0.39, 0.29) is 11.8 Å². The first-order valence-electron chi connectivity index (χ1n) is 10.1. The van der Waals surface area contributed by atoms with Crippen LogP contribution in [0.5, 0.6) is 0 Å². The normalized spacial score (nSPS) is 16.6. The smallest absolute Gasteiger partial charge is 0.242 e. The molecule has 6 nitrogen and oxygen atoms in total. The summed E-state index contributed by atoms with van der Waals surface area (Å²) in [5.74, 6) is 1.50. The van der Waals surface area contributed by atoms with Crippen LogP contribution in [0.2, 0.25) is 0 Å². The molecule has 1 unspecified atom stereocenters. The number of amides is 1. The molecule has 1 aromatic carbocycles. The second-order valence-electron chi connectivity index (χ2n) is 7.65. The molecule has 150 valence electrons. The quantitative estimate of drug-likeness (QED) is 0.650. The lowest BCUT2D eigenvalue weighted by Gasteiger charge is -2.34. The zero-order valence-corrected chi connectivity index (χ0v) is 16.8. The molecule has 0 radical (unpaired) electrons. The summed E-state index contributed by atoms with van der Waals surface area (Å²) in [5.41, 5.74) is 2.21. The van der Waals surface area contributed by atoms with Gasteiger partial charge in [0.05, 0.1) is 13.1 Å². The fourth-order valence-corrected chi connectivity index (χ4v) is 3.99. The van der Waals surface area contributed by atoms with Gasteiger partial charge in [-0.05, 0) is 36.6 Å². The first kappa shape index (κ1) is 19.2. The molecule has 4 rings (SSSR count). The molecule has 6 heteroatoms. The summed E-state index contributed by atoms with van der Waals surface area (Å²) in [7, 11) is 1.97. The van der Waals surface area contributed by atoms with Crippen molar-refractivity contribution in [2.45, 2.75) is 25.3 Å². The van der Waals surface area contributed by atoms with Crippen molar-refractivity contribution in [3.63, 3.8) is 0 Å². The van der Waals surface area contributed by atoms with Crippen LogP contribution in [0.3, 0.4) is 0 Å². The minimum absolute atomic E-state index is 0.173. The number of rotatable bonds is 6. The largest absolute Gasteiger partial charge is 0.365 e. The number of imidazole rings is 1. The molecule has 3 heterocycles. The van der Waals surface area contributed by atoms with E-state index in [9.17, 15) is 4.79 Å². The summed E-state index contributed by atoms with van der Waals surface area (Å²) < 4.78 is 2.19. The minimum atomic E-state index is 0.173. The molecule has 29 heavy (non-hydrogen) atoms. The van der Waals surface area contributed by atoms with E-state index in [1.807, 2.05) is 71.8 Å². The maximum absolute atomic E-state index is 12.9. The van der Waals surface area contributed by atoms with Gasteiger partial charge < -0.3 is 14.4 Å². The van der Waals surface area contributed by atoms with Crippen LogP contribution in [-0.4, -0.2) is 52.0 Å². The van der Waals surface area contributed by atoms with Gasteiger partial charge in [-0.3, -0.25) is 9.78 Å². The second kappa shape index (κ2) is 8.90. The van der Waals surface area contributed by atoms with Crippen LogP contribution in [0.15, 0.2) is 67.3 Å². The Bertz CT molecular complexity index is 925. The van der Waals surface area contributed by atoms with Gasteiger partial charge in [0, 0.05) is 56.5 Å². The molecule has 1 amide bonds. The van der Waals surface area contributed by atoms with E-state index >= 15 is 0 Å². The predicted molar refractivity (Wildman–Crippen MR) is 114 cm³/mol. The van der Waals surface area contributed by atoms with Crippen molar-refractivity contribution in [3.8, 4) is 0 Å². The lowest BCUT2D eigenvalue weighted by molar-refractivity contribution is -0.130. The van der Waals surface area contributed by atoms with Gasteiger partial charge >= 0.3 is 0 Å². The number of hydrogen-bond acceptors (Lipinski definition) is 4. The second-order valence-corrected chi connectivity index (χ2v) is 7.65. The van der Waals surface area contributed by atoms with Crippen molar-refractivity contribution in [1.29, 1.82) is 0 Å². The Morgan fingerprint density at radius 2 is 2.03 bits per heavy atom.